The largest absolute Gasteiger partial charge is 0.480 e. The zero-order valence-electron chi connectivity index (χ0n) is 26.8. The summed E-state index contributed by atoms with van der Waals surface area (Å²) < 4.78 is 0. The molecule has 0 aliphatic carbocycles. The van der Waals surface area contributed by atoms with E-state index in [1.54, 1.807) is 6.07 Å². The Hall–Kier alpha value is -4.75. The summed E-state index contributed by atoms with van der Waals surface area (Å²) in [5.41, 5.74) is 4.66. The first-order chi connectivity index (χ1) is 22.1. The Bertz CT molecular complexity index is 1600. The van der Waals surface area contributed by atoms with E-state index in [0.717, 1.165) is 22.4 Å². The second-order valence-electron chi connectivity index (χ2n) is 13.0. The first kappa shape index (κ1) is 32.6. The molecule has 2 atom stereocenters. The van der Waals surface area contributed by atoms with E-state index >= 15 is 0 Å². The average Bonchev–Trinajstić information content (AvgIpc) is 3.47. The molecule has 0 spiro atoms. The fourth-order valence-corrected chi connectivity index (χ4v) is 6.59. The molecule has 0 saturated heterocycles. The fraction of sp³-hybridized carbons (Fsp3) is 0.308. The summed E-state index contributed by atoms with van der Waals surface area (Å²) in [5.74, 6) is -1.07. The minimum Gasteiger partial charge on any atom is -0.480 e. The molecule has 7 heteroatoms. The van der Waals surface area contributed by atoms with Crippen molar-refractivity contribution in [3.05, 3.63) is 137 Å². The molecular formula is C39H43N3O4. The smallest absolute Gasteiger partial charge is 0.326 e. The lowest BCUT2D eigenvalue weighted by Gasteiger charge is -2.36. The van der Waals surface area contributed by atoms with Crippen LogP contribution in [0.2, 0.25) is 0 Å². The van der Waals surface area contributed by atoms with E-state index in [-0.39, 0.29) is 17.6 Å². The lowest BCUT2D eigenvalue weighted by Crippen LogP contribution is -2.49. The van der Waals surface area contributed by atoms with Gasteiger partial charge in [-0.05, 0) is 47.1 Å². The predicted molar refractivity (Wildman–Crippen MR) is 183 cm³/mol. The summed E-state index contributed by atoms with van der Waals surface area (Å²) in [6.07, 6.45) is 1.15. The molecule has 0 radical (unpaired) electrons. The lowest BCUT2D eigenvalue weighted by molar-refractivity contribution is -0.141. The molecule has 46 heavy (non-hydrogen) atoms. The molecule has 0 saturated carbocycles. The van der Waals surface area contributed by atoms with Gasteiger partial charge in [-0.2, -0.15) is 0 Å². The number of rotatable bonds is 13. The number of amides is 1. The summed E-state index contributed by atoms with van der Waals surface area (Å²) in [6, 6.07) is 34.1. The van der Waals surface area contributed by atoms with Gasteiger partial charge in [0.15, 0.2) is 5.78 Å². The van der Waals surface area contributed by atoms with E-state index in [4.69, 9.17) is 0 Å². The number of anilines is 1. The number of aliphatic carboxylic acids is 1. The van der Waals surface area contributed by atoms with Crippen LogP contribution in [0, 0.1) is 5.41 Å². The van der Waals surface area contributed by atoms with Crippen LogP contribution in [0.25, 0.3) is 0 Å². The van der Waals surface area contributed by atoms with E-state index < -0.39 is 23.5 Å². The minimum atomic E-state index is -0.873. The van der Waals surface area contributed by atoms with E-state index in [1.807, 2.05) is 105 Å². The van der Waals surface area contributed by atoms with Gasteiger partial charge in [0.05, 0.1) is 6.04 Å². The number of hydrogen-bond donors (Lipinski definition) is 3. The van der Waals surface area contributed by atoms with Crippen molar-refractivity contribution in [2.24, 2.45) is 5.41 Å². The molecule has 1 aliphatic rings. The molecule has 238 valence electrons. The second-order valence-corrected chi connectivity index (χ2v) is 13.0. The van der Waals surface area contributed by atoms with Crippen molar-refractivity contribution in [1.82, 2.24) is 10.6 Å². The molecule has 1 heterocycles. The number of hydrogen-bond acceptors (Lipinski definition) is 5. The highest BCUT2D eigenvalue weighted by Gasteiger charge is 2.40. The van der Waals surface area contributed by atoms with Crippen molar-refractivity contribution in [2.75, 3.05) is 24.5 Å². The molecule has 7 nitrogen and oxygen atoms in total. The van der Waals surface area contributed by atoms with E-state index in [0.29, 0.717) is 43.6 Å². The van der Waals surface area contributed by atoms with Gasteiger partial charge in [-0.1, -0.05) is 118 Å². The van der Waals surface area contributed by atoms with E-state index in [1.165, 1.54) is 0 Å². The summed E-state index contributed by atoms with van der Waals surface area (Å²) in [4.78, 5) is 41.4. The summed E-state index contributed by atoms with van der Waals surface area (Å²) >= 11 is 0. The summed E-state index contributed by atoms with van der Waals surface area (Å²) in [7, 11) is 0. The van der Waals surface area contributed by atoms with Crippen LogP contribution in [0.1, 0.15) is 70.5 Å². The van der Waals surface area contributed by atoms with E-state index in [9.17, 15) is 19.5 Å². The van der Waals surface area contributed by atoms with Crippen molar-refractivity contribution in [3.8, 4) is 0 Å². The number of Topliss-reactive ketones (excluding diaryl/α,β-unsaturated/α-hetero) is 1. The standard InChI is InChI=1S/C39H43N3O4/c1-39(2,3)36(38(45)46)42-25-22-30-31(20-13-21-34(30)42)37(44)41-24-23-40-33(35(43)29-18-11-6-12-19-29)26-32(27-14-7-4-8-15-27)28-16-9-5-10-17-28/h4-21,32-33,36,40H,22-26H2,1-3H3,(H,41,44)(H,45,46). The van der Waals surface area contributed by atoms with Gasteiger partial charge in [-0.25, -0.2) is 4.79 Å². The van der Waals surface area contributed by atoms with Crippen LogP contribution < -0.4 is 15.5 Å². The number of carbonyl (C=O) groups excluding carboxylic acids is 2. The van der Waals surface area contributed by atoms with Crippen molar-refractivity contribution in [2.45, 2.75) is 51.6 Å². The molecule has 1 aliphatic heterocycles. The van der Waals surface area contributed by atoms with Crippen molar-refractivity contribution in [1.29, 1.82) is 0 Å². The molecule has 1 amide bonds. The Kier molecular flexibility index (Phi) is 10.3. The van der Waals surface area contributed by atoms with Crippen LogP contribution in [-0.2, 0) is 11.2 Å². The van der Waals surface area contributed by atoms with Gasteiger partial charge in [0.1, 0.15) is 6.04 Å². The van der Waals surface area contributed by atoms with Gasteiger partial charge >= 0.3 is 5.97 Å². The van der Waals surface area contributed by atoms with Gasteiger partial charge in [0.25, 0.3) is 5.91 Å². The molecule has 0 aromatic heterocycles. The molecule has 0 bridgehead atoms. The average molecular weight is 618 g/mol. The SMILES string of the molecule is CC(C)(C)C(C(=O)O)N1CCc2c(C(=O)NCCNC(CC(c3ccccc3)c3ccccc3)C(=O)c3ccccc3)cccc21. The van der Waals surface area contributed by atoms with Gasteiger partial charge < -0.3 is 20.6 Å². The predicted octanol–water partition coefficient (Wildman–Crippen LogP) is 6.34. The Labute approximate surface area is 271 Å². The Morgan fingerprint density at radius 3 is 1.93 bits per heavy atom. The molecule has 5 rings (SSSR count). The highest BCUT2D eigenvalue weighted by Crippen LogP contribution is 2.37. The Balaban J connectivity index is 1.30. The maximum absolute atomic E-state index is 13.8. The molecular weight excluding hydrogens is 574 g/mol. The van der Waals surface area contributed by atoms with E-state index in [2.05, 4.69) is 34.9 Å². The zero-order chi connectivity index (χ0) is 32.7. The number of carbonyl (C=O) groups is 3. The minimum absolute atomic E-state index is 0.000248. The Morgan fingerprint density at radius 1 is 0.783 bits per heavy atom. The van der Waals surface area contributed by atoms with Gasteiger partial charge in [0, 0.05) is 42.4 Å². The third-order valence-electron chi connectivity index (χ3n) is 8.73. The van der Waals surface area contributed by atoms with Crippen LogP contribution in [0.15, 0.2) is 109 Å². The van der Waals surface area contributed by atoms with Crippen molar-refractivity contribution >= 4 is 23.3 Å². The highest BCUT2D eigenvalue weighted by molar-refractivity contribution is 6.00. The quantitative estimate of drug-likeness (QED) is 0.120. The van der Waals surface area contributed by atoms with Crippen LogP contribution in [0.4, 0.5) is 5.69 Å². The number of carboxylic acid groups (broad SMARTS) is 1. The number of ketones is 1. The van der Waals surface area contributed by atoms with Gasteiger partial charge in [-0.15, -0.1) is 0 Å². The van der Waals surface area contributed by atoms with Crippen molar-refractivity contribution < 1.29 is 19.5 Å². The van der Waals surface area contributed by atoms with Gasteiger partial charge in [0.2, 0.25) is 0 Å². The highest BCUT2D eigenvalue weighted by atomic mass is 16.4. The van der Waals surface area contributed by atoms with Crippen LogP contribution in [0.5, 0.6) is 0 Å². The third kappa shape index (κ3) is 7.54. The monoisotopic (exact) mass is 617 g/mol. The third-order valence-corrected chi connectivity index (χ3v) is 8.73. The zero-order valence-corrected chi connectivity index (χ0v) is 26.8. The molecule has 3 N–H and O–H groups in total. The van der Waals surface area contributed by atoms with Gasteiger partial charge in [-0.3, -0.25) is 9.59 Å². The molecule has 0 fully saturated rings. The Morgan fingerprint density at radius 2 is 1.37 bits per heavy atom. The van der Waals surface area contributed by atoms with Crippen LogP contribution in [0.3, 0.4) is 0 Å². The number of benzene rings is 4. The fourth-order valence-electron chi connectivity index (χ4n) is 6.59. The van der Waals surface area contributed by atoms with Crippen LogP contribution in [-0.4, -0.2) is 54.5 Å². The maximum atomic E-state index is 13.8. The lowest BCUT2D eigenvalue weighted by atomic mass is 9.84. The number of nitrogens with one attached hydrogen (secondary N) is 2. The topological polar surface area (TPSA) is 98.7 Å². The number of nitrogens with zero attached hydrogens (tertiary/aromatic N) is 1. The van der Waals surface area contributed by atoms with Crippen molar-refractivity contribution in [3.63, 3.8) is 0 Å². The normalized spacial score (nSPS) is 14.0. The number of carboxylic acids is 1. The first-order valence-electron chi connectivity index (χ1n) is 16.0. The maximum Gasteiger partial charge on any atom is 0.326 e. The molecule has 2 unspecified atom stereocenters. The first-order valence-corrected chi connectivity index (χ1v) is 16.0. The summed E-state index contributed by atoms with van der Waals surface area (Å²) in [5, 5.41) is 16.5. The molecule has 4 aromatic rings. The second kappa shape index (κ2) is 14.6. The van der Waals surface area contributed by atoms with Crippen LogP contribution >= 0.6 is 0 Å². The summed E-state index contributed by atoms with van der Waals surface area (Å²) in [6.45, 7) is 7.03. The number of fused-ring (bicyclic) bond motifs is 1. The molecule has 4 aromatic carbocycles.